The van der Waals surface area contributed by atoms with Gasteiger partial charge in [-0.05, 0) is 60.7 Å². The normalized spacial score (nSPS) is 16.2. The van der Waals surface area contributed by atoms with E-state index in [9.17, 15) is 65.9 Å². The summed E-state index contributed by atoms with van der Waals surface area (Å²) in [7, 11) is -9.94. The Balaban J connectivity index is 1.44. The molecule has 24 nitrogen and oxygen atoms in total. The van der Waals surface area contributed by atoms with Crippen LogP contribution in [-0.2, 0) is 29.8 Å². The van der Waals surface area contributed by atoms with Gasteiger partial charge in [0.2, 0.25) is 5.78 Å². The molecule has 56 heavy (non-hydrogen) atoms. The Kier molecular flexibility index (Phi) is 11.1. The Morgan fingerprint density at radius 1 is 0.607 bits per heavy atom. The number of carbonyl (C=O) groups is 2. The van der Waals surface area contributed by atoms with E-state index in [0.29, 0.717) is 23.9 Å². The van der Waals surface area contributed by atoms with E-state index in [-0.39, 0.29) is 28.4 Å². The van der Waals surface area contributed by atoms with Gasteiger partial charge in [0.1, 0.15) is 26.9 Å². The number of azo groups is 1. The molecule has 2 aliphatic carbocycles. The lowest BCUT2D eigenvalue weighted by Gasteiger charge is -2.14. The summed E-state index contributed by atoms with van der Waals surface area (Å²) in [6, 6.07) is 13.3. The maximum atomic E-state index is 13.4. The molecule has 0 bridgehead atoms. The summed E-state index contributed by atoms with van der Waals surface area (Å²) in [6.45, 7) is 0. The van der Waals surface area contributed by atoms with Gasteiger partial charge in [-0.15, -0.1) is 15.3 Å². The molecule has 0 spiro atoms. The molecule has 0 heterocycles. The number of nitrogens with zero attached hydrogens (tertiary/aromatic N) is 7. The van der Waals surface area contributed by atoms with Crippen molar-refractivity contribution in [3.8, 4) is 0 Å². The van der Waals surface area contributed by atoms with Gasteiger partial charge in [-0.1, -0.05) is 0 Å². The third kappa shape index (κ3) is 9.45. The Hall–Kier alpha value is -7.68. The number of hydrogen-bond acceptors (Lipinski definition) is 19. The molecule has 26 heteroatoms. The zero-order valence-electron chi connectivity index (χ0n) is 27.4. The van der Waals surface area contributed by atoms with Crippen LogP contribution in [0.2, 0.25) is 0 Å². The SMILES string of the molecule is O=C1C(N=Nc2ccc(Nc3ccc([N+](=O)[O-])cc3S(=O)(=O)O)cc2)=CC(NNc2ccc([N+](=O)[O-])cc2)=CC1=NN=C1C=C(S(=O)(=O)O)C=C([N+](=O)[O-])C1=O. The standard InChI is InChI=1S/C30H20N10O14S2/c41-29-24(35-33-17-3-1-16(2-4-17)31-23-10-9-21(39(45)46)13-28(23)56(52,53)54)11-19(34-32-18-5-7-20(8-6-18)38(43)44)12-25(29)36-37-26-14-22(55(49,50)51)15-27(30(26)42)40(47)48/h1-15,31-32,34H,(H,49,50,51)(H,52,53,54). The number of anilines is 3. The van der Waals surface area contributed by atoms with Crippen LogP contribution in [0, 0.1) is 30.3 Å². The zero-order valence-corrected chi connectivity index (χ0v) is 29.0. The number of ketones is 2. The first kappa shape index (κ1) is 39.5. The number of nitro groups is 3. The minimum atomic E-state index is -5.06. The lowest BCUT2D eigenvalue weighted by molar-refractivity contribution is -0.418. The van der Waals surface area contributed by atoms with E-state index >= 15 is 0 Å². The highest BCUT2D eigenvalue weighted by atomic mass is 32.2. The van der Waals surface area contributed by atoms with Crippen LogP contribution in [0.1, 0.15) is 0 Å². The maximum absolute atomic E-state index is 13.4. The Morgan fingerprint density at radius 3 is 1.77 bits per heavy atom. The molecule has 0 saturated heterocycles. The average Bonchev–Trinajstić information content (AvgIpc) is 3.13. The Labute approximate surface area is 312 Å². The highest BCUT2D eigenvalue weighted by molar-refractivity contribution is 7.90. The lowest BCUT2D eigenvalue weighted by Crippen LogP contribution is -2.27. The Morgan fingerprint density at radius 2 is 1.20 bits per heavy atom. The first-order valence-electron chi connectivity index (χ1n) is 14.8. The quantitative estimate of drug-likeness (QED) is 0.0538. The van der Waals surface area contributed by atoms with Crippen molar-refractivity contribution in [1.29, 1.82) is 0 Å². The van der Waals surface area contributed by atoms with Crippen molar-refractivity contribution in [1.82, 2.24) is 5.43 Å². The van der Waals surface area contributed by atoms with E-state index in [1.807, 2.05) is 0 Å². The van der Waals surface area contributed by atoms with E-state index in [1.54, 1.807) is 0 Å². The fourth-order valence-corrected chi connectivity index (χ4v) is 5.68. The minimum absolute atomic E-state index is 0.0307. The van der Waals surface area contributed by atoms with Gasteiger partial charge in [0.15, 0.2) is 0 Å². The molecule has 0 atom stereocenters. The number of non-ortho nitro benzene ring substituents is 2. The van der Waals surface area contributed by atoms with Crippen molar-refractivity contribution < 1.29 is 50.3 Å². The van der Waals surface area contributed by atoms with Crippen molar-refractivity contribution in [3.05, 3.63) is 143 Å². The topological polar surface area (TPSA) is 358 Å². The molecular weight excluding hydrogens is 789 g/mol. The first-order chi connectivity index (χ1) is 26.3. The monoisotopic (exact) mass is 808 g/mol. The van der Waals surface area contributed by atoms with E-state index in [0.717, 1.165) is 18.2 Å². The van der Waals surface area contributed by atoms with Crippen LogP contribution in [0.5, 0.6) is 0 Å². The largest absolute Gasteiger partial charge is 0.354 e. The second kappa shape index (κ2) is 15.7. The van der Waals surface area contributed by atoms with Crippen LogP contribution in [0.25, 0.3) is 0 Å². The number of nitrogens with one attached hydrogen (secondary N) is 3. The Bertz CT molecular complexity index is 2670. The second-order valence-corrected chi connectivity index (χ2v) is 13.7. The summed E-state index contributed by atoms with van der Waals surface area (Å²) >= 11 is 0. The smallest absolute Gasteiger partial charge is 0.320 e. The predicted octanol–water partition coefficient (Wildman–Crippen LogP) is 3.86. The van der Waals surface area contributed by atoms with Crippen LogP contribution >= 0.6 is 0 Å². The molecule has 2 aliphatic rings. The van der Waals surface area contributed by atoms with Gasteiger partial charge in [-0.3, -0.25) is 49.0 Å². The van der Waals surface area contributed by atoms with Crippen LogP contribution in [0.3, 0.4) is 0 Å². The molecule has 3 aromatic carbocycles. The van der Waals surface area contributed by atoms with E-state index in [4.69, 9.17) is 0 Å². The molecular formula is C30H20N10O14S2. The number of allylic oxidation sites excluding steroid dienone is 6. The van der Waals surface area contributed by atoms with Gasteiger partial charge < -0.3 is 16.2 Å². The lowest BCUT2D eigenvalue weighted by atomic mass is 10.1. The van der Waals surface area contributed by atoms with E-state index in [2.05, 4.69) is 36.6 Å². The number of benzene rings is 3. The predicted molar refractivity (Wildman–Crippen MR) is 193 cm³/mol. The summed E-state index contributed by atoms with van der Waals surface area (Å²) in [5.74, 6) is -2.37. The molecule has 0 fully saturated rings. The molecule has 0 unspecified atom stereocenters. The first-order valence-corrected chi connectivity index (χ1v) is 17.7. The summed E-state index contributed by atoms with van der Waals surface area (Å²) in [6.07, 6.45) is 3.07. The van der Waals surface area contributed by atoms with Gasteiger partial charge >= 0.3 is 5.70 Å². The summed E-state index contributed by atoms with van der Waals surface area (Å²) in [5.41, 5.74) is 1.95. The number of nitro benzene ring substituents is 2. The number of rotatable bonds is 13. The van der Waals surface area contributed by atoms with Crippen LogP contribution in [0.4, 0.5) is 34.1 Å². The van der Waals surface area contributed by atoms with Crippen molar-refractivity contribution in [2.45, 2.75) is 4.90 Å². The number of hydrogen-bond donors (Lipinski definition) is 5. The molecule has 5 rings (SSSR count). The second-order valence-electron chi connectivity index (χ2n) is 10.9. The molecule has 3 aromatic rings. The number of Topliss-reactive ketones (excluding diaryl/α,β-unsaturated/α-hetero) is 2. The molecule has 5 N–H and O–H groups in total. The van der Waals surface area contributed by atoms with Gasteiger partial charge in [0.25, 0.3) is 37.4 Å². The summed E-state index contributed by atoms with van der Waals surface area (Å²) < 4.78 is 66.1. The highest BCUT2D eigenvalue weighted by Crippen LogP contribution is 2.30. The van der Waals surface area contributed by atoms with Gasteiger partial charge in [-0.25, -0.2) is 0 Å². The van der Waals surface area contributed by atoms with Crippen LogP contribution in [-0.4, -0.2) is 63.7 Å². The number of hydrazine groups is 1. The molecule has 0 amide bonds. The summed E-state index contributed by atoms with van der Waals surface area (Å²) in [4.78, 5) is 55.0. The van der Waals surface area contributed by atoms with Gasteiger partial charge in [0.05, 0.1) is 37.5 Å². The van der Waals surface area contributed by atoms with Crippen molar-refractivity contribution in [2.75, 3.05) is 10.7 Å². The minimum Gasteiger partial charge on any atom is -0.354 e. The highest BCUT2D eigenvalue weighted by Gasteiger charge is 2.34. The van der Waals surface area contributed by atoms with E-state index in [1.165, 1.54) is 54.6 Å². The fourth-order valence-electron chi connectivity index (χ4n) is 4.49. The number of carbonyl (C=O) groups excluding carboxylic acids is 2. The van der Waals surface area contributed by atoms with Crippen LogP contribution in [0.15, 0.2) is 138 Å². The molecule has 0 aliphatic heterocycles. The molecule has 286 valence electrons. The average molecular weight is 809 g/mol. The zero-order chi connectivity index (χ0) is 40.9. The molecule has 0 aromatic heterocycles. The van der Waals surface area contributed by atoms with Crippen molar-refractivity contribution >= 4 is 77.4 Å². The fraction of sp³-hybridized carbons (Fsp3) is 0. The molecule has 0 radical (unpaired) electrons. The van der Waals surface area contributed by atoms with Crippen molar-refractivity contribution in [3.63, 3.8) is 0 Å². The van der Waals surface area contributed by atoms with Gasteiger partial charge in [-0.2, -0.15) is 21.9 Å². The molecule has 0 saturated carbocycles. The van der Waals surface area contributed by atoms with Crippen molar-refractivity contribution in [2.24, 2.45) is 20.4 Å². The third-order valence-electron chi connectivity index (χ3n) is 7.14. The maximum Gasteiger partial charge on any atom is 0.320 e. The van der Waals surface area contributed by atoms with E-state index < -0.39 is 84.9 Å². The van der Waals surface area contributed by atoms with Gasteiger partial charge in [0, 0.05) is 36.0 Å². The van der Waals surface area contributed by atoms with Crippen LogP contribution < -0.4 is 16.2 Å². The summed E-state index contributed by atoms with van der Waals surface area (Å²) in [5, 5.41) is 51.3. The third-order valence-corrected chi connectivity index (χ3v) is 8.86.